The molecule has 19 heavy (non-hydrogen) atoms. The zero-order chi connectivity index (χ0) is 13.8. The summed E-state index contributed by atoms with van der Waals surface area (Å²) in [7, 11) is 0. The fraction of sp³-hybridized carbons (Fsp3) is 0.500. The summed E-state index contributed by atoms with van der Waals surface area (Å²) in [5, 5.41) is 13.4. The molecule has 1 aliphatic rings. The molecule has 1 aromatic carbocycles. The van der Waals surface area contributed by atoms with Gasteiger partial charge in [-0.05, 0) is 36.8 Å². The largest absolute Gasteiger partial charge is 0.507 e. The van der Waals surface area contributed by atoms with Crippen LogP contribution in [-0.4, -0.2) is 28.1 Å². The highest BCUT2D eigenvalue weighted by atomic mass is 79.9. The first-order valence-electron chi connectivity index (χ1n) is 6.52. The number of carbonyl (C=O) groups excluding carboxylic acids is 1. The number of benzene rings is 1. The van der Waals surface area contributed by atoms with E-state index in [1.54, 1.807) is 18.2 Å². The first-order chi connectivity index (χ1) is 9.11. The van der Waals surface area contributed by atoms with Gasteiger partial charge < -0.3 is 10.4 Å². The predicted octanol–water partition coefficient (Wildman–Crippen LogP) is 3.56. The maximum atomic E-state index is 12.2. The molecule has 2 atom stereocenters. The molecule has 1 amide bonds. The number of hydrogen-bond acceptors (Lipinski definition) is 3. The number of phenols is 1. The Morgan fingerprint density at radius 2 is 2.32 bits per heavy atom. The Kier molecular flexibility index (Phi) is 5.16. The molecule has 0 heterocycles. The lowest BCUT2D eigenvalue weighted by molar-refractivity contribution is 0.0936. The molecule has 2 N–H and O–H groups in total. The fourth-order valence-corrected chi connectivity index (χ4v) is 3.99. The van der Waals surface area contributed by atoms with Gasteiger partial charge in [-0.15, -0.1) is 0 Å². The molecule has 1 fully saturated rings. The van der Waals surface area contributed by atoms with Gasteiger partial charge in [0, 0.05) is 15.8 Å². The predicted molar refractivity (Wildman–Crippen MR) is 82.8 cm³/mol. The number of thioether (sulfide) groups is 1. The van der Waals surface area contributed by atoms with E-state index in [2.05, 4.69) is 28.2 Å². The molecule has 2 unspecified atom stereocenters. The molecule has 5 heteroatoms. The Bertz CT molecular complexity index is 467. The summed E-state index contributed by atoms with van der Waals surface area (Å²) < 4.78 is 0.766. The Balaban J connectivity index is 2.04. The van der Waals surface area contributed by atoms with Gasteiger partial charge in [-0.2, -0.15) is 11.8 Å². The van der Waals surface area contributed by atoms with Crippen molar-refractivity contribution in [3.63, 3.8) is 0 Å². The van der Waals surface area contributed by atoms with E-state index in [0.717, 1.165) is 29.5 Å². The zero-order valence-corrected chi connectivity index (χ0v) is 13.3. The van der Waals surface area contributed by atoms with Crippen LogP contribution >= 0.6 is 27.7 Å². The third kappa shape index (κ3) is 3.66. The smallest absolute Gasteiger partial charge is 0.255 e. The lowest BCUT2D eigenvalue weighted by atomic mass is 10.1. The summed E-state index contributed by atoms with van der Waals surface area (Å²) in [6.07, 6.45) is 3.35. The molecule has 104 valence electrons. The number of phenolic OH excluding ortho intramolecular Hbond substituents is 1. The number of rotatable bonds is 4. The molecular weight excluding hydrogens is 326 g/mol. The normalized spacial score (nSPS) is 22.4. The maximum absolute atomic E-state index is 12.2. The molecule has 0 spiro atoms. The van der Waals surface area contributed by atoms with Crippen molar-refractivity contribution in [3.8, 4) is 5.75 Å². The number of hydrogen-bond donors (Lipinski definition) is 2. The number of halogens is 1. The third-order valence-electron chi connectivity index (χ3n) is 3.35. The van der Waals surface area contributed by atoms with Crippen LogP contribution in [0.25, 0.3) is 0 Å². The highest BCUT2D eigenvalue weighted by Gasteiger charge is 2.29. The van der Waals surface area contributed by atoms with Crippen molar-refractivity contribution >= 4 is 33.6 Å². The molecule has 1 saturated carbocycles. The van der Waals surface area contributed by atoms with E-state index in [-0.39, 0.29) is 17.7 Å². The van der Waals surface area contributed by atoms with Crippen molar-refractivity contribution < 1.29 is 9.90 Å². The summed E-state index contributed by atoms with van der Waals surface area (Å²) in [4.78, 5) is 12.2. The second kappa shape index (κ2) is 6.66. The van der Waals surface area contributed by atoms with Crippen molar-refractivity contribution in [2.75, 3.05) is 5.75 Å². The van der Waals surface area contributed by atoms with Gasteiger partial charge in [-0.25, -0.2) is 0 Å². The molecular formula is C14H18BrNO2S. The van der Waals surface area contributed by atoms with Crippen LogP contribution in [-0.2, 0) is 0 Å². The van der Waals surface area contributed by atoms with E-state index in [1.165, 1.54) is 0 Å². The fourth-order valence-electron chi connectivity index (χ4n) is 2.45. The minimum Gasteiger partial charge on any atom is -0.507 e. The average Bonchev–Trinajstić information content (AvgIpc) is 2.77. The molecule has 0 aliphatic heterocycles. The van der Waals surface area contributed by atoms with Gasteiger partial charge in [-0.3, -0.25) is 4.79 Å². The lowest BCUT2D eigenvalue weighted by Gasteiger charge is -2.20. The van der Waals surface area contributed by atoms with E-state index in [9.17, 15) is 9.90 Å². The van der Waals surface area contributed by atoms with E-state index >= 15 is 0 Å². The standard InChI is InChI=1S/C14H18BrNO2S/c1-2-19-13-5-3-4-11(13)16-14(18)10-7-6-9(15)8-12(10)17/h6-8,11,13,17H,2-5H2,1H3,(H,16,18). The van der Waals surface area contributed by atoms with Gasteiger partial charge in [0.05, 0.1) is 5.56 Å². The van der Waals surface area contributed by atoms with Crippen LogP contribution in [0.5, 0.6) is 5.75 Å². The molecule has 1 aliphatic carbocycles. The van der Waals surface area contributed by atoms with Crippen LogP contribution in [0.4, 0.5) is 0 Å². The maximum Gasteiger partial charge on any atom is 0.255 e. The summed E-state index contributed by atoms with van der Waals surface area (Å²) in [5.41, 5.74) is 0.343. The molecule has 0 saturated heterocycles. The topological polar surface area (TPSA) is 49.3 Å². The SMILES string of the molecule is CCSC1CCCC1NC(=O)c1ccc(Br)cc1O. The molecule has 0 bridgehead atoms. The molecule has 0 radical (unpaired) electrons. The quantitative estimate of drug-likeness (QED) is 0.878. The van der Waals surface area contributed by atoms with Gasteiger partial charge in [-0.1, -0.05) is 29.3 Å². The summed E-state index contributed by atoms with van der Waals surface area (Å²) in [6.45, 7) is 2.14. The molecule has 2 rings (SSSR count). The summed E-state index contributed by atoms with van der Waals surface area (Å²) in [6, 6.07) is 5.18. The first-order valence-corrected chi connectivity index (χ1v) is 8.37. The lowest BCUT2D eigenvalue weighted by Crippen LogP contribution is -2.38. The summed E-state index contributed by atoms with van der Waals surface area (Å²) in [5.74, 6) is 0.906. The van der Waals surface area contributed by atoms with E-state index in [0.29, 0.717) is 10.8 Å². The van der Waals surface area contributed by atoms with Crippen LogP contribution in [0.1, 0.15) is 36.5 Å². The second-order valence-electron chi connectivity index (χ2n) is 4.67. The monoisotopic (exact) mass is 343 g/mol. The highest BCUT2D eigenvalue weighted by Crippen LogP contribution is 2.30. The minimum absolute atomic E-state index is 0.0181. The van der Waals surface area contributed by atoms with Crippen molar-refractivity contribution in [1.29, 1.82) is 0 Å². The van der Waals surface area contributed by atoms with Crippen molar-refractivity contribution in [2.24, 2.45) is 0 Å². The minimum atomic E-state index is -0.182. The molecule has 3 nitrogen and oxygen atoms in total. The van der Waals surface area contributed by atoms with Crippen molar-refractivity contribution in [3.05, 3.63) is 28.2 Å². The third-order valence-corrected chi connectivity index (χ3v) is 5.17. The zero-order valence-electron chi connectivity index (χ0n) is 10.9. The first kappa shape index (κ1) is 14.7. The van der Waals surface area contributed by atoms with Gasteiger partial charge >= 0.3 is 0 Å². The van der Waals surface area contributed by atoms with Gasteiger partial charge in [0.25, 0.3) is 5.91 Å². The van der Waals surface area contributed by atoms with Crippen LogP contribution in [0.2, 0.25) is 0 Å². The highest BCUT2D eigenvalue weighted by molar-refractivity contribution is 9.10. The molecule has 0 aromatic heterocycles. The Morgan fingerprint density at radius 1 is 1.53 bits per heavy atom. The Labute approximate surface area is 126 Å². The van der Waals surface area contributed by atoms with E-state index in [1.807, 2.05) is 11.8 Å². The Hall–Kier alpha value is -0.680. The van der Waals surface area contributed by atoms with Crippen LogP contribution in [0, 0.1) is 0 Å². The van der Waals surface area contributed by atoms with E-state index < -0.39 is 0 Å². The van der Waals surface area contributed by atoms with Crippen LogP contribution in [0.15, 0.2) is 22.7 Å². The van der Waals surface area contributed by atoms with Crippen LogP contribution in [0.3, 0.4) is 0 Å². The molecule has 1 aromatic rings. The van der Waals surface area contributed by atoms with Gasteiger partial charge in [0.2, 0.25) is 0 Å². The van der Waals surface area contributed by atoms with Crippen LogP contribution < -0.4 is 5.32 Å². The number of nitrogens with one attached hydrogen (secondary N) is 1. The van der Waals surface area contributed by atoms with Gasteiger partial charge in [0.1, 0.15) is 5.75 Å². The second-order valence-corrected chi connectivity index (χ2v) is 7.10. The Morgan fingerprint density at radius 3 is 3.00 bits per heavy atom. The van der Waals surface area contributed by atoms with E-state index in [4.69, 9.17) is 0 Å². The number of aromatic hydroxyl groups is 1. The summed E-state index contributed by atoms with van der Waals surface area (Å²) >= 11 is 5.17. The van der Waals surface area contributed by atoms with Gasteiger partial charge in [0.15, 0.2) is 0 Å². The average molecular weight is 344 g/mol. The van der Waals surface area contributed by atoms with Crippen molar-refractivity contribution in [2.45, 2.75) is 37.5 Å². The number of carbonyl (C=O) groups is 1. The number of amides is 1. The van der Waals surface area contributed by atoms with Crippen molar-refractivity contribution in [1.82, 2.24) is 5.32 Å².